The summed E-state index contributed by atoms with van der Waals surface area (Å²) in [4.78, 5) is 22.2. The van der Waals surface area contributed by atoms with Crippen molar-refractivity contribution >= 4 is 57.2 Å². The summed E-state index contributed by atoms with van der Waals surface area (Å²) in [5.41, 5.74) is 2.03. The summed E-state index contributed by atoms with van der Waals surface area (Å²) in [6.07, 6.45) is 5.37. The molecule has 0 aliphatic heterocycles. The van der Waals surface area contributed by atoms with E-state index in [1.54, 1.807) is 29.0 Å². The average molecular weight is 486 g/mol. The zero-order valence-corrected chi connectivity index (χ0v) is 16.9. The standard InChI is InChI=1S/C21H13ClIN3O/c22-14-4-8-17(9-5-14)26-20(11-7-16-3-1-2-12-24-16)25-19-10-6-15(23)13-18(19)21(26)27/h1-13H/b11-7+. The van der Waals surface area contributed by atoms with Crippen molar-refractivity contribution in [1.82, 2.24) is 14.5 Å². The van der Waals surface area contributed by atoms with E-state index in [9.17, 15) is 4.79 Å². The van der Waals surface area contributed by atoms with E-state index in [4.69, 9.17) is 16.6 Å². The van der Waals surface area contributed by atoms with Crippen LogP contribution in [0.5, 0.6) is 0 Å². The molecule has 4 rings (SSSR count). The van der Waals surface area contributed by atoms with E-state index in [1.807, 2.05) is 54.6 Å². The van der Waals surface area contributed by atoms with Gasteiger partial charge in [0.25, 0.3) is 5.56 Å². The van der Waals surface area contributed by atoms with Gasteiger partial charge in [-0.25, -0.2) is 4.98 Å². The van der Waals surface area contributed by atoms with Gasteiger partial charge in [0.1, 0.15) is 5.82 Å². The van der Waals surface area contributed by atoms with Gasteiger partial charge in [-0.15, -0.1) is 0 Å². The van der Waals surface area contributed by atoms with Crippen LogP contribution < -0.4 is 5.56 Å². The molecule has 0 radical (unpaired) electrons. The molecule has 6 heteroatoms. The fourth-order valence-corrected chi connectivity index (χ4v) is 3.38. The zero-order valence-electron chi connectivity index (χ0n) is 14.0. The van der Waals surface area contributed by atoms with E-state index < -0.39 is 0 Å². The Bertz CT molecular complexity index is 1200. The van der Waals surface area contributed by atoms with Crippen molar-refractivity contribution in [1.29, 1.82) is 0 Å². The predicted octanol–water partition coefficient (Wildman–Crippen LogP) is 5.21. The number of rotatable bonds is 3. The summed E-state index contributed by atoms with van der Waals surface area (Å²) in [6.45, 7) is 0. The third-order valence-electron chi connectivity index (χ3n) is 4.03. The lowest BCUT2D eigenvalue weighted by Gasteiger charge is -2.11. The second kappa shape index (κ2) is 7.62. The Morgan fingerprint density at radius 2 is 1.81 bits per heavy atom. The number of hydrogen-bond acceptors (Lipinski definition) is 3. The second-order valence-electron chi connectivity index (χ2n) is 5.84. The highest BCUT2D eigenvalue weighted by molar-refractivity contribution is 14.1. The van der Waals surface area contributed by atoms with Gasteiger partial charge >= 0.3 is 0 Å². The molecule has 0 amide bonds. The largest absolute Gasteiger partial charge is 0.268 e. The van der Waals surface area contributed by atoms with Gasteiger partial charge in [0.2, 0.25) is 0 Å². The number of nitrogens with zero attached hydrogens (tertiary/aromatic N) is 3. The highest BCUT2D eigenvalue weighted by Gasteiger charge is 2.11. The van der Waals surface area contributed by atoms with Crippen molar-refractivity contribution in [3.05, 3.63) is 97.3 Å². The predicted molar refractivity (Wildman–Crippen MR) is 118 cm³/mol. The molecule has 2 heterocycles. The summed E-state index contributed by atoms with van der Waals surface area (Å²) < 4.78 is 2.58. The number of benzene rings is 2. The van der Waals surface area contributed by atoms with Gasteiger partial charge in [-0.1, -0.05) is 17.7 Å². The van der Waals surface area contributed by atoms with E-state index in [-0.39, 0.29) is 5.56 Å². The molecule has 0 spiro atoms. The summed E-state index contributed by atoms with van der Waals surface area (Å²) in [7, 11) is 0. The Kier molecular flexibility index (Phi) is 5.05. The highest BCUT2D eigenvalue weighted by atomic mass is 127. The van der Waals surface area contributed by atoms with Gasteiger partial charge in [0, 0.05) is 14.8 Å². The highest BCUT2D eigenvalue weighted by Crippen LogP contribution is 2.18. The molecule has 27 heavy (non-hydrogen) atoms. The van der Waals surface area contributed by atoms with Crippen molar-refractivity contribution in [2.75, 3.05) is 0 Å². The topological polar surface area (TPSA) is 47.8 Å². The Morgan fingerprint density at radius 3 is 2.56 bits per heavy atom. The minimum atomic E-state index is -0.124. The van der Waals surface area contributed by atoms with E-state index in [2.05, 4.69) is 27.6 Å². The van der Waals surface area contributed by atoms with Crippen LogP contribution in [-0.2, 0) is 0 Å². The Labute approximate surface area is 174 Å². The molecule has 0 unspecified atom stereocenters. The summed E-state index contributed by atoms with van der Waals surface area (Å²) in [5.74, 6) is 0.529. The van der Waals surface area contributed by atoms with Crippen molar-refractivity contribution in [2.24, 2.45) is 0 Å². The minimum absolute atomic E-state index is 0.124. The van der Waals surface area contributed by atoms with Gasteiger partial charge in [-0.3, -0.25) is 14.3 Å². The van der Waals surface area contributed by atoms with Crippen LogP contribution in [0, 0.1) is 3.57 Å². The van der Waals surface area contributed by atoms with Crippen LogP contribution in [0.1, 0.15) is 11.5 Å². The summed E-state index contributed by atoms with van der Waals surface area (Å²) in [5, 5.41) is 1.19. The quantitative estimate of drug-likeness (QED) is 0.374. The zero-order chi connectivity index (χ0) is 18.8. The molecule has 0 aliphatic rings. The van der Waals surface area contributed by atoms with Crippen LogP contribution in [0.25, 0.3) is 28.7 Å². The molecule has 0 atom stereocenters. The van der Waals surface area contributed by atoms with Crippen molar-refractivity contribution in [3.63, 3.8) is 0 Å². The second-order valence-corrected chi connectivity index (χ2v) is 7.52. The molecule has 2 aromatic heterocycles. The lowest BCUT2D eigenvalue weighted by Crippen LogP contribution is -2.22. The first-order valence-corrected chi connectivity index (χ1v) is 9.65. The van der Waals surface area contributed by atoms with Crippen LogP contribution in [0.15, 0.2) is 71.7 Å². The minimum Gasteiger partial charge on any atom is -0.268 e. The molecular formula is C21H13ClIN3O. The van der Waals surface area contributed by atoms with Gasteiger partial charge in [-0.05, 0) is 89.3 Å². The molecule has 0 saturated heterocycles. The van der Waals surface area contributed by atoms with Gasteiger partial charge in [0.15, 0.2) is 0 Å². The van der Waals surface area contributed by atoms with Crippen molar-refractivity contribution in [2.45, 2.75) is 0 Å². The van der Waals surface area contributed by atoms with Crippen LogP contribution in [0.2, 0.25) is 5.02 Å². The third kappa shape index (κ3) is 3.79. The molecule has 2 aromatic carbocycles. The Hall–Kier alpha value is -2.51. The smallest absolute Gasteiger partial charge is 0.266 e. The molecule has 0 saturated carbocycles. The summed E-state index contributed by atoms with van der Waals surface area (Å²) in [6, 6.07) is 18.5. The average Bonchev–Trinajstić information content (AvgIpc) is 2.69. The molecule has 132 valence electrons. The molecule has 4 aromatic rings. The Balaban J connectivity index is 1.96. The molecule has 4 nitrogen and oxygen atoms in total. The first-order valence-electron chi connectivity index (χ1n) is 8.19. The molecule has 0 bridgehead atoms. The SMILES string of the molecule is O=c1c2cc(I)ccc2nc(/C=C/c2ccccn2)n1-c1ccc(Cl)cc1. The number of aromatic nitrogens is 3. The monoisotopic (exact) mass is 485 g/mol. The fourth-order valence-electron chi connectivity index (χ4n) is 2.76. The number of halogens is 2. The maximum absolute atomic E-state index is 13.2. The molecule has 0 aliphatic carbocycles. The fraction of sp³-hybridized carbons (Fsp3) is 0. The normalized spacial score (nSPS) is 11.3. The van der Waals surface area contributed by atoms with Crippen LogP contribution in [0.3, 0.4) is 0 Å². The first kappa shape index (κ1) is 17.9. The van der Waals surface area contributed by atoms with Crippen molar-refractivity contribution in [3.8, 4) is 5.69 Å². The van der Waals surface area contributed by atoms with Crippen LogP contribution in [0.4, 0.5) is 0 Å². The molecule has 0 fully saturated rings. The number of fused-ring (bicyclic) bond motifs is 1. The van der Waals surface area contributed by atoms with E-state index >= 15 is 0 Å². The van der Waals surface area contributed by atoms with Crippen molar-refractivity contribution < 1.29 is 0 Å². The van der Waals surface area contributed by atoms with Crippen LogP contribution >= 0.6 is 34.2 Å². The van der Waals surface area contributed by atoms with Crippen LogP contribution in [-0.4, -0.2) is 14.5 Å². The third-order valence-corrected chi connectivity index (χ3v) is 4.95. The van der Waals surface area contributed by atoms with E-state index in [1.165, 1.54) is 0 Å². The summed E-state index contributed by atoms with van der Waals surface area (Å²) >= 11 is 8.20. The van der Waals surface area contributed by atoms with Gasteiger partial charge < -0.3 is 0 Å². The maximum Gasteiger partial charge on any atom is 0.266 e. The number of pyridine rings is 1. The molecule has 0 N–H and O–H groups in total. The van der Waals surface area contributed by atoms with E-state index in [0.29, 0.717) is 27.4 Å². The molecular weight excluding hydrogens is 473 g/mol. The number of hydrogen-bond donors (Lipinski definition) is 0. The Morgan fingerprint density at radius 1 is 1.00 bits per heavy atom. The lowest BCUT2D eigenvalue weighted by atomic mass is 10.2. The van der Waals surface area contributed by atoms with Gasteiger partial charge in [0.05, 0.1) is 22.3 Å². The maximum atomic E-state index is 13.2. The first-order chi connectivity index (χ1) is 13.1. The van der Waals surface area contributed by atoms with Gasteiger partial charge in [-0.2, -0.15) is 0 Å². The lowest BCUT2D eigenvalue weighted by molar-refractivity contribution is 0.943. The van der Waals surface area contributed by atoms with E-state index in [0.717, 1.165) is 9.26 Å².